The summed E-state index contributed by atoms with van der Waals surface area (Å²) in [6, 6.07) is 3.16. The van der Waals surface area contributed by atoms with E-state index in [1.165, 1.54) is 25.7 Å². The number of hydrogen-bond acceptors (Lipinski definition) is 2. The fraction of sp³-hybridized carbons (Fsp3) is 0.933. The van der Waals surface area contributed by atoms with Crippen LogP contribution in [0.15, 0.2) is 0 Å². The van der Waals surface area contributed by atoms with Gasteiger partial charge >= 0.3 is 0 Å². The maximum absolute atomic E-state index is 8.99. The highest BCUT2D eigenvalue weighted by atomic mass is 15.1. The average molecular weight is 236 g/mol. The van der Waals surface area contributed by atoms with Crippen molar-refractivity contribution in [3.05, 3.63) is 0 Å². The third kappa shape index (κ3) is 4.68. The minimum atomic E-state index is -0.154. The second-order valence-corrected chi connectivity index (χ2v) is 6.41. The third-order valence-electron chi connectivity index (χ3n) is 4.25. The maximum Gasteiger partial charge on any atom is 0.0683 e. The van der Waals surface area contributed by atoms with E-state index in [1.807, 2.05) is 13.8 Å². The minimum absolute atomic E-state index is 0.154. The van der Waals surface area contributed by atoms with Crippen LogP contribution in [0.2, 0.25) is 0 Å². The zero-order valence-corrected chi connectivity index (χ0v) is 12.0. The standard InChI is InChI=1S/C15H28N2/c1-13-8-5-6-9-14(13)17(4)11-7-10-15(2,3)12-16/h13-14H,5-11H2,1-4H3. The quantitative estimate of drug-likeness (QED) is 0.725. The molecule has 0 radical (unpaired) electrons. The molecule has 0 aromatic rings. The Hall–Kier alpha value is -0.550. The maximum atomic E-state index is 8.99. The van der Waals surface area contributed by atoms with Gasteiger partial charge in [-0.1, -0.05) is 19.8 Å². The van der Waals surface area contributed by atoms with E-state index in [2.05, 4.69) is 24.9 Å². The van der Waals surface area contributed by atoms with Crippen molar-refractivity contribution < 1.29 is 0 Å². The molecule has 1 saturated carbocycles. The summed E-state index contributed by atoms with van der Waals surface area (Å²) in [5.41, 5.74) is -0.154. The fourth-order valence-electron chi connectivity index (χ4n) is 2.94. The van der Waals surface area contributed by atoms with Crippen LogP contribution in [0.1, 0.15) is 59.3 Å². The van der Waals surface area contributed by atoms with Crippen LogP contribution in [-0.2, 0) is 0 Å². The average Bonchev–Trinajstić information content (AvgIpc) is 2.29. The second kappa shape index (κ2) is 6.40. The molecule has 0 saturated heterocycles. The van der Waals surface area contributed by atoms with Gasteiger partial charge < -0.3 is 4.90 Å². The van der Waals surface area contributed by atoms with Gasteiger partial charge in [-0.2, -0.15) is 5.26 Å². The van der Waals surface area contributed by atoms with Crippen molar-refractivity contribution in [2.45, 2.75) is 65.3 Å². The summed E-state index contributed by atoms with van der Waals surface area (Å²) in [7, 11) is 2.26. The van der Waals surface area contributed by atoms with E-state index in [9.17, 15) is 0 Å². The highest BCUT2D eigenvalue weighted by Crippen LogP contribution is 2.28. The minimum Gasteiger partial charge on any atom is -0.303 e. The van der Waals surface area contributed by atoms with Crippen molar-refractivity contribution in [1.82, 2.24) is 4.90 Å². The van der Waals surface area contributed by atoms with Gasteiger partial charge in [0, 0.05) is 6.04 Å². The number of nitrogens with zero attached hydrogens (tertiary/aromatic N) is 2. The zero-order chi connectivity index (χ0) is 12.9. The molecule has 1 aliphatic carbocycles. The van der Waals surface area contributed by atoms with Crippen LogP contribution in [0.3, 0.4) is 0 Å². The highest BCUT2D eigenvalue weighted by Gasteiger charge is 2.25. The molecule has 2 atom stereocenters. The molecule has 2 heteroatoms. The summed E-state index contributed by atoms with van der Waals surface area (Å²) < 4.78 is 0. The largest absolute Gasteiger partial charge is 0.303 e. The van der Waals surface area contributed by atoms with Crippen LogP contribution < -0.4 is 0 Å². The van der Waals surface area contributed by atoms with E-state index in [4.69, 9.17) is 5.26 Å². The molecule has 0 N–H and O–H groups in total. The number of nitriles is 1. The lowest BCUT2D eigenvalue weighted by Gasteiger charge is -2.36. The molecule has 2 unspecified atom stereocenters. The summed E-state index contributed by atoms with van der Waals surface area (Å²) >= 11 is 0. The van der Waals surface area contributed by atoms with Crippen molar-refractivity contribution in [2.75, 3.05) is 13.6 Å². The van der Waals surface area contributed by atoms with Gasteiger partial charge in [0.25, 0.3) is 0 Å². The topological polar surface area (TPSA) is 27.0 Å². The van der Waals surface area contributed by atoms with E-state index in [0.29, 0.717) is 0 Å². The molecule has 0 amide bonds. The van der Waals surface area contributed by atoms with E-state index in [0.717, 1.165) is 31.3 Å². The molecule has 17 heavy (non-hydrogen) atoms. The van der Waals surface area contributed by atoms with Crippen LogP contribution in [0.5, 0.6) is 0 Å². The fourth-order valence-corrected chi connectivity index (χ4v) is 2.94. The summed E-state index contributed by atoms with van der Waals surface area (Å²) in [4.78, 5) is 2.53. The molecule has 0 heterocycles. The Morgan fingerprint density at radius 1 is 1.29 bits per heavy atom. The molecule has 0 aromatic heterocycles. The van der Waals surface area contributed by atoms with Crippen LogP contribution >= 0.6 is 0 Å². The summed E-state index contributed by atoms with van der Waals surface area (Å²) in [6.45, 7) is 7.60. The zero-order valence-electron chi connectivity index (χ0n) is 12.0. The smallest absolute Gasteiger partial charge is 0.0683 e. The molecule has 1 rings (SSSR count). The Labute approximate surface area is 107 Å². The Balaban J connectivity index is 2.29. The van der Waals surface area contributed by atoms with E-state index < -0.39 is 0 Å². The molecular formula is C15H28N2. The Bertz CT molecular complexity index is 265. The van der Waals surface area contributed by atoms with Gasteiger partial charge in [0.1, 0.15) is 0 Å². The van der Waals surface area contributed by atoms with Gasteiger partial charge in [-0.05, 0) is 59.0 Å². The Kier molecular flexibility index (Phi) is 5.46. The molecule has 98 valence electrons. The summed E-state index contributed by atoms with van der Waals surface area (Å²) in [5.74, 6) is 0.845. The molecule has 0 aliphatic heterocycles. The lowest BCUT2D eigenvalue weighted by Crippen LogP contribution is -2.39. The number of hydrogen-bond donors (Lipinski definition) is 0. The molecule has 2 nitrogen and oxygen atoms in total. The van der Waals surface area contributed by atoms with Gasteiger partial charge in [-0.25, -0.2) is 0 Å². The second-order valence-electron chi connectivity index (χ2n) is 6.41. The predicted molar refractivity (Wildman–Crippen MR) is 72.7 cm³/mol. The Morgan fingerprint density at radius 3 is 2.53 bits per heavy atom. The van der Waals surface area contributed by atoms with Crippen LogP contribution in [0.25, 0.3) is 0 Å². The van der Waals surface area contributed by atoms with Crippen molar-refractivity contribution >= 4 is 0 Å². The highest BCUT2D eigenvalue weighted by molar-refractivity contribution is 4.91. The van der Waals surface area contributed by atoms with Gasteiger partial charge in [0.05, 0.1) is 11.5 Å². The molecular weight excluding hydrogens is 208 g/mol. The Morgan fingerprint density at radius 2 is 1.94 bits per heavy atom. The first-order valence-corrected chi connectivity index (χ1v) is 7.08. The van der Waals surface area contributed by atoms with Crippen molar-refractivity contribution in [3.8, 4) is 6.07 Å². The van der Waals surface area contributed by atoms with Gasteiger partial charge in [-0.3, -0.25) is 0 Å². The lowest BCUT2D eigenvalue weighted by molar-refractivity contribution is 0.135. The van der Waals surface area contributed by atoms with E-state index in [-0.39, 0.29) is 5.41 Å². The van der Waals surface area contributed by atoms with Gasteiger partial charge in [0.2, 0.25) is 0 Å². The van der Waals surface area contributed by atoms with E-state index >= 15 is 0 Å². The SMILES string of the molecule is CC1CCCCC1N(C)CCCC(C)(C)C#N. The van der Waals surface area contributed by atoms with Gasteiger partial charge in [0.15, 0.2) is 0 Å². The number of rotatable bonds is 5. The lowest BCUT2D eigenvalue weighted by atomic mass is 9.84. The molecule has 0 bridgehead atoms. The van der Waals surface area contributed by atoms with Crippen LogP contribution in [-0.4, -0.2) is 24.5 Å². The van der Waals surface area contributed by atoms with Crippen LogP contribution in [0, 0.1) is 22.7 Å². The van der Waals surface area contributed by atoms with Crippen molar-refractivity contribution in [2.24, 2.45) is 11.3 Å². The first-order valence-electron chi connectivity index (χ1n) is 7.08. The predicted octanol–water partition coefficient (Wildman–Crippen LogP) is 3.83. The monoisotopic (exact) mass is 236 g/mol. The van der Waals surface area contributed by atoms with Crippen molar-refractivity contribution in [3.63, 3.8) is 0 Å². The van der Waals surface area contributed by atoms with Gasteiger partial charge in [-0.15, -0.1) is 0 Å². The van der Waals surface area contributed by atoms with Crippen molar-refractivity contribution in [1.29, 1.82) is 5.26 Å². The molecule has 0 aromatic carbocycles. The first kappa shape index (κ1) is 14.5. The van der Waals surface area contributed by atoms with E-state index in [1.54, 1.807) is 0 Å². The first-order chi connectivity index (χ1) is 7.96. The third-order valence-corrected chi connectivity index (χ3v) is 4.25. The molecule has 0 spiro atoms. The normalized spacial score (nSPS) is 25.9. The molecule has 1 aliphatic rings. The summed E-state index contributed by atoms with van der Waals surface area (Å²) in [6.07, 6.45) is 7.70. The summed E-state index contributed by atoms with van der Waals surface area (Å²) in [5, 5.41) is 8.99. The molecule has 1 fully saturated rings. The van der Waals surface area contributed by atoms with Crippen LogP contribution in [0.4, 0.5) is 0 Å².